The first-order chi connectivity index (χ1) is 15.8. The van der Waals surface area contributed by atoms with E-state index in [9.17, 15) is 13.2 Å². The third-order valence-electron chi connectivity index (χ3n) is 6.89. The highest BCUT2D eigenvalue weighted by atomic mass is 32.2. The van der Waals surface area contributed by atoms with E-state index in [0.29, 0.717) is 11.4 Å². The lowest BCUT2D eigenvalue weighted by atomic mass is 9.86. The fraction of sp³-hybridized carbons (Fsp3) is 0.480. The van der Waals surface area contributed by atoms with Gasteiger partial charge in [0.2, 0.25) is 5.91 Å². The number of benzene rings is 2. The van der Waals surface area contributed by atoms with Crippen LogP contribution in [0.4, 0.5) is 5.69 Å². The lowest BCUT2D eigenvalue weighted by Crippen LogP contribution is -2.43. The minimum absolute atomic E-state index is 0.00623. The van der Waals surface area contributed by atoms with Crippen LogP contribution >= 0.6 is 0 Å². The monoisotopic (exact) mass is 472 g/mol. The van der Waals surface area contributed by atoms with E-state index >= 15 is 0 Å². The number of anilines is 1. The molecule has 0 saturated heterocycles. The Bertz CT molecular complexity index is 1100. The van der Waals surface area contributed by atoms with Gasteiger partial charge in [-0.05, 0) is 74.3 Å². The minimum atomic E-state index is -3.90. The van der Waals surface area contributed by atoms with Crippen LogP contribution in [0.25, 0.3) is 0 Å². The summed E-state index contributed by atoms with van der Waals surface area (Å²) < 4.78 is 38.9. The van der Waals surface area contributed by atoms with Crippen molar-refractivity contribution in [2.24, 2.45) is 5.92 Å². The van der Waals surface area contributed by atoms with Crippen LogP contribution in [0, 0.1) is 5.92 Å². The largest absolute Gasteiger partial charge is 0.497 e. The van der Waals surface area contributed by atoms with E-state index in [1.165, 1.54) is 20.3 Å². The van der Waals surface area contributed by atoms with Crippen LogP contribution in [0.3, 0.4) is 0 Å². The normalized spacial score (nSPS) is 21.7. The predicted octanol–water partition coefficient (Wildman–Crippen LogP) is 4.23. The molecule has 2 saturated carbocycles. The molecule has 7 nitrogen and oxygen atoms in total. The molecule has 2 aromatic carbocycles. The van der Waals surface area contributed by atoms with Gasteiger partial charge >= 0.3 is 0 Å². The van der Waals surface area contributed by atoms with Gasteiger partial charge in [-0.1, -0.05) is 19.1 Å². The molecule has 2 fully saturated rings. The van der Waals surface area contributed by atoms with Crippen LogP contribution in [-0.2, 0) is 20.2 Å². The van der Waals surface area contributed by atoms with Gasteiger partial charge in [0, 0.05) is 17.8 Å². The van der Waals surface area contributed by atoms with Crippen LogP contribution in [0.15, 0.2) is 47.4 Å². The molecule has 33 heavy (non-hydrogen) atoms. The van der Waals surface area contributed by atoms with Gasteiger partial charge in [0.05, 0.1) is 19.6 Å². The summed E-state index contributed by atoms with van der Waals surface area (Å²) in [5, 5.41) is 3.26. The van der Waals surface area contributed by atoms with Crippen molar-refractivity contribution in [1.82, 2.24) is 5.32 Å². The first-order valence-electron chi connectivity index (χ1n) is 11.4. The van der Waals surface area contributed by atoms with E-state index < -0.39 is 15.4 Å². The second-order valence-corrected chi connectivity index (χ2v) is 10.9. The van der Waals surface area contributed by atoms with Crippen LogP contribution in [0.1, 0.15) is 51.0 Å². The molecule has 0 spiro atoms. The van der Waals surface area contributed by atoms with Gasteiger partial charge in [-0.25, -0.2) is 8.42 Å². The summed E-state index contributed by atoms with van der Waals surface area (Å²) in [7, 11) is -1.00. The van der Waals surface area contributed by atoms with Crippen molar-refractivity contribution in [2.45, 2.75) is 61.8 Å². The highest BCUT2D eigenvalue weighted by Gasteiger charge is 2.51. The second kappa shape index (κ2) is 9.25. The van der Waals surface area contributed by atoms with Crippen molar-refractivity contribution in [3.63, 3.8) is 0 Å². The van der Waals surface area contributed by atoms with E-state index in [1.807, 2.05) is 12.1 Å². The quantitative estimate of drug-likeness (QED) is 0.600. The van der Waals surface area contributed by atoms with Crippen molar-refractivity contribution in [2.75, 3.05) is 18.9 Å². The lowest BCUT2D eigenvalue weighted by molar-refractivity contribution is -0.124. The number of ether oxygens (including phenoxy) is 2. The fourth-order valence-corrected chi connectivity index (χ4v) is 5.81. The smallest absolute Gasteiger partial charge is 0.265 e. The maximum atomic E-state index is 13.1. The van der Waals surface area contributed by atoms with E-state index in [2.05, 4.69) is 17.0 Å². The molecule has 0 aliphatic heterocycles. The van der Waals surface area contributed by atoms with Gasteiger partial charge in [-0.2, -0.15) is 0 Å². The summed E-state index contributed by atoms with van der Waals surface area (Å²) in [5.41, 5.74) is 0.850. The summed E-state index contributed by atoms with van der Waals surface area (Å²) >= 11 is 0. The summed E-state index contributed by atoms with van der Waals surface area (Å²) in [6.45, 7) is 2.26. The number of carbonyl (C=O) groups is 1. The SMILES string of the molecule is COc1ccc(OC)c(S(=O)(=O)Nc2ccc(C3(C(=O)NC4CCC(C)CC4)CC3)cc2)c1. The molecule has 8 heteroatoms. The van der Waals surface area contributed by atoms with E-state index in [-0.39, 0.29) is 22.6 Å². The zero-order valence-electron chi connectivity index (χ0n) is 19.4. The Balaban J connectivity index is 1.47. The molecule has 0 bridgehead atoms. The molecule has 0 atom stereocenters. The number of nitrogens with one attached hydrogen (secondary N) is 2. The Morgan fingerprint density at radius 3 is 2.21 bits per heavy atom. The first-order valence-corrected chi connectivity index (χ1v) is 12.9. The fourth-order valence-electron chi connectivity index (χ4n) is 4.56. The Hall–Kier alpha value is -2.74. The summed E-state index contributed by atoms with van der Waals surface area (Å²) in [6, 6.07) is 12.0. The molecular weight excluding hydrogens is 440 g/mol. The summed E-state index contributed by atoms with van der Waals surface area (Å²) in [4.78, 5) is 13.1. The van der Waals surface area contributed by atoms with Gasteiger partial charge in [0.1, 0.15) is 16.4 Å². The Morgan fingerprint density at radius 1 is 0.970 bits per heavy atom. The van der Waals surface area contributed by atoms with E-state index in [4.69, 9.17) is 9.47 Å². The molecular formula is C25H32N2O5S. The molecule has 2 aliphatic rings. The Morgan fingerprint density at radius 2 is 1.64 bits per heavy atom. The zero-order valence-corrected chi connectivity index (χ0v) is 20.2. The maximum Gasteiger partial charge on any atom is 0.265 e. The number of methoxy groups -OCH3 is 2. The number of hydrogen-bond donors (Lipinski definition) is 2. The number of hydrogen-bond acceptors (Lipinski definition) is 5. The molecule has 4 rings (SSSR count). The van der Waals surface area contributed by atoms with Crippen LogP contribution in [0.5, 0.6) is 11.5 Å². The number of carbonyl (C=O) groups excluding carboxylic acids is 1. The zero-order chi connectivity index (χ0) is 23.6. The molecule has 2 N–H and O–H groups in total. The maximum absolute atomic E-state index is 13.1. The van der Waals surface area contributed by atoms with Gasteiger partial charge in [-0.15, -0.1) is 0 Å². The van der Waals surface area contributed by atoms with Crippen LogP contribution < -0.4 is 19.5 Å². The van der Waals surface area contributed by atoms with Gasteiger partial charge < -0.3 is 14.8 Å². The van der Waals surface area contributed by atoms with Crippen LogP contribution in [-0.4, -0.2) is 34.6 Å². The third-order valence-corrected chi connectivity index (χ3v) is 8.29. The number of amides is 1. The molecule has 0 heterocycles. The Kier molecular flexibility index (Phi) is 6.56. The predicted molar refractivity (Wildman–Crippen MR) is 127 cm³/mol. The van der Waals surface area contributed by atoms with Gasteiger partial charge in [0.15, 0.2) is 0 Å². The topological polar surface area (TPSA) is 93.7 Å². The average molecular weight is 473 g/mol. The molecule has 178 valence electrons. The van der Waals surface area contributed by atoms with Crippen molar-refractivity contribution < 1.29 is 22.7 Å². The molecule has 0 aromatic heterocycles. The first kappa shape index (κ1) is 23.4. The standard InChI is InChI=1S/C25H32N2O5S/c1-17-4-8-19(9-5-17)26-24(28)25(14-15-25)18-6-10-20(11-7-18)27-33(29,30)23-16-21(31-2)12-13-22(23)32-3/h6-7,10-13,16-17,19,27H,4-5,8-9,14-15H2,1-3H3,(H,26,28). The number of rotatable bonds is 8. The molecule has 2 aliphatic carbocycles. The van der Waals surface area contributed by atoms with E-state index in [0.717, 1.165) is 50.0 Å². The van der Waals surface area contributed by atoms with Gasteiger partial charge in [0.25, 0.3) is 10.0 Å². The van der Waals surface area contributed by atoms with Crippen molar-refractivity contribution in [3.05, 3.63) is 48.0 Å². The molecule has 1 amide bonds. The summed E-state index contributed by atoms with van der Waals surface area (Å²) in [6.07, 6.45) is 6.02. The van der Waals surface area contributed by atoms with Crippen molar-refractivity contribution in [1.29, 1.82) is 0 Å². The Labute approximate surface area is 195 Å². The lowest BCUT2D eigenvalue weighted by Gasteiger charge is -2.28. The van der Waals surface area contributed by atoms with Gasteiger partial charge in [-0.3, -0.25) is 9.52 Å². The number of sulfonamides is 1. The second-order valence-electron chi connectivity index (χ2n) is 9.21. The minimum Gasteiger partial charge on any atom is -0.497 e. The van der Waals surface area contributed by atoms with E-state index in [1.54, 1.807) is 24.3 Å². The third kappa shape index (κ3) is 4.95. The molecule has 2 aromatic rings. The van der Waals surface area contributed by atoms with Crippen molar-refractivity contribution >= 4 is 21.6 Å². The molecule has 0 unspecified atom stereocenters. The van der Waals surface area contributed by atoms with Crippen LogP contribution in [0.2, 0.25) is 0 Å². The average Bonchev–Trinajstić information content (AvgIpc) is 3.62. The van der Waals surface area contributed by atoms with Crippen molar-refractivity contribution in [3.8, 4) is 11.5 Å². The summed E-state index contributed by atoms with van der Waals surface area (Å²) in [5.74, 6) is 1.48. The highest BCUT2D eigenvalue weighted by molar-refractivity contribution is 7.92. The molecule has 0 radical (unpaired) electrons. The highest BCUT2D eigenvalue weighted by Crippen LogP contribution is 2.49.